The van der Waals surface area contributed by atoms with Crippen LogP contribution in [0.25, 0.3) is 11.4 Å². The van der Waals surface area contributed by atoms with Crippen LogP contribution >= 0.6 is 0 Å². The summed E-state index contributed by atoms with van der Waals surface area (Å²) in [4.78, 5) is 18.1. The minimum absolute atomic E-state index is 0.195. The normalized spacial score (nSPS) is 10.4. The third-order valence-corrected chi connectivity index (χ3v) is 2.05. The molecule has 2 heterocycles. The Morgan fingerprint density at radius 1 is 1.50 bits per heavy atom. The first kappa shape index (κ1) is 8.68. The smallest absolute Gasteiger partial charge is 0.276 e. The summed E-state index contributed by atoms with van der Waals surface area (Å²) in [5, 5.41) is 4.06. The van der Waals surface area contributed by atoms with Crippen molar-refractivity contribution in [2.75, 3.05) is 0 Å². The number of rotatable bonds is 1. The van der Waals surface area contributed by atoms with Gasteiger partial charge in [0.2, 0.25) is 0 Å². The van der Waals surface area contributed by atoms with Crippen LogP contribution < -0.4 is 5.56 Å². The Bertz CT molecular complexity index is 492. The quantitative estimate of drug-likeness (QED) is 0.711. The number of H-pyrrole nitrogens is 1. The highest BCUT2D eigenvalue weighted by molar-refractivity contribution is 5.57. The van der Waals surface area contributed by atoms with Gasteiger partial charge >= 0.3 is 0 Å². The Morgan fingerprint density at radius 3 is 2.86 bits per heavy atom. The molecule has 5 heteroatoms. The van der Waals surface area contributed by atoms with Crippen molar-refractivity contribution in [1.29, 1.82) is 0 Å². The summed E-state index contributed by atoms with van der Waals surface area (Å²) >= 11 is 0. The number of hydrogen-bond donors (Lipinski definition) is 1. The molecule has 5 nitrogen and oxygen atoms in total. The van der Waals surface area contributed by atoms with Crippen LogP contribution in [0.4, 0.5) is 0 Å². The number of aromatic nitrogens is 4. The maximum atomic E-state index is 11.5. The Labute approximate surface area is 80.4 Å². The van der Waals surface area contributed by atoms with Crippen LogP contribution in [-0.2, 0) is 7.05 Å². The minimum Gasteiger partial charge on any atom is -0.326 e. The van der Waals surface area contributed by atoms with E-state index in [0.717, 1.165) is 11.3 Å². The second kappa shape index (κ2) is 3.10. The van der Waals surface area contributed by atoms with Crippen LogP contribution in [0.1, 0.15) is 5.56 Å². The molecule has 0 amide bonds. The average molecular weight is 190 g/mol. The molecule has 2 aromatic heterocycles. The molecule has 0 fully saturated rings. The lowest BCUT2D eigenvalue weighted by atomic mass is 10.2. The first-order valence-corrected chi connectivity index (χ1v) is 4.23. The van der Waals surface area contributed by atoms with Gasteiger partial charge in [0.25, 0.3) is 5.56 Å². The van der Waals surface area contributed by atoms with E-state index in [1.54, 1.807) is 24.1 Å². The fraction of sp³-hybridized carbons (Fsp3) is 0.222. The van der Waals surface area contributed by atoms with Gasteiger partial charge in [0.15, 0.2) is 5.69 Å². The standard InChI is InChI=1S/C9H10N4O/c1-6-5-12-13(2)8(6)7-9(14)11-4-3-10-7/h3-5H,1-2H3,(H,11,14). The summed E-state index contributed by atoms with van der Waals surface area (Å²) in [6, 6.07) is 0. The molecular formula is C9H10N4O. The van der Waals surface area contributed by atoms with E-state index >= 15 is 0 Å². The molecule has 0 atom stereocenters. The van der Waals surface area contributed by atoms with E-state index in [1.165, 1.54) is 6.20 Å². The predicted molar refractivity (Wildman–Crippen MR) is 51.8 cm³/mol. The SMILES string of the molecule is Cc1cnn(C)c1-c1ncc[nH]c1=O. The first-order valence-electron chi connectivity index (χ1n) is 4.23. The van der Waals surface area contributed by atoms with Crippen molar-refractivity contribution in [3.8, 4) is 11.4 Å². The summed E-state index contributed by atoms with van der Waals surface area (Å²) in [7, 11) is 1.79. The lowest BCUT2D eigenvalue weighted by Crippen LogP contribution is -2.12. The highest BCUT2D eigenvalue weighted by atomic mass is 16.1. The number of aromatic amines is 1. The molecule has 0 aliphatic carbocycles. The molecule has 0 radical (unpaired) electrons. The van der Waals surface area contributed by atoms with Gasteiger partial charge < -0.3 is 4.98 Å². The molecule has 14 heavy (non-hydrogen) atoms. The van der Waals surface area contributed by atoms with Gasteiger partial charge in [0.05, 0.1) is 11.9 Å². The van der Waals surface area contributed by atoms with Crippen LogP contribution in [-0.4, -0.2) is 19.7 Å². The lowest BCUT2D eigenvalue weighted by Gasteiger charge is -2.00. The van der Waals surface area contributed by atoms with Gasteiger partial charge in [-0.2, -0.15) is 5.10 Å². The Kier molecular flexibility index (Phi) is 1.92. The topological polar surface area (TPSA) is 63.6 Å². The molecule has 0 spiro atoms. The predicted octanol–water partition coefficient (Wildman–Crippen LogP) is 0.479. The second-order valence-corrected chi connectivity index (χ2v) is 3.07. The maximum absolute atomic E-state index is 11.5. The molecule has 0 saturated heterocycles. The number of nitrogens with one attached hydrogen (secondary N) is 1. The van der Waals surface area contributed by atoms with Crippen LogP contribution in [0, 0.1) is 6.92 Å². The third kappa shape index (κ3) is 1.22. The van der Waals surface area contributed by atoms with Crippen LogP contribution in [0.15, 0.2) is 23.4 Å². The van der Waals surface area contributed by atoms with E-state index in [1.807, 2.05) is 6.92 Å². The zero-order valence-corrected chi connectivity index (χ0v) is 7.98. The Hall–Kier alpha value is -1.91. The van der Waals surface area contributed by atoms with E-state index in [0.29, 0.717) is 5.69 Å². The minimum atomic E-state index is -0.195. The molecule has 0 aliphatic rings. The Balaban J connectivity index is 2.72. The largest absolute Gasteiger partial charge is 0.326 e. The van der Waals surface area contributed by atoms with Gasteiger partial charge in [-0.25, -0.2) is 4.98 Å². The highest BCUT2D eigenvalue weighted by Gasteiger charge is 2.11. The van der Waals surface area contributed by atoms with Crippen molar-refractivity contribution in [3.63, 3.8) is 0 Å². The van der Waals surface area contributed by atoms with Gasteiger partial charge in [-0.15, -0.1) is 0 Å². The molecular weight excluding hydrogens is 180 g/mol. The zero-order valence-electron chi connectivity index (χ0n) is 7.98. The van der Waals surface area contributed by atoms with Crippen molar-refractivity contribution < 1.29 is 0 Å². The van der Waals surface area contributed by atoms with Gasteiger partial charge in [0.1, 0.15) is 0 Å². The number of hydrogen-bond acceptors (Lipinski definition) is 3. The van der Waals surface area contributed by atoms with Crippen LogP contribution in [0.5, 0.6) is 0 Å². The fourth-order valence-electron chi connectivity index (χ4n) is 1.41. The van der Waals surface area contributed by atoms with Gasteiger partial charge in [-0.3, -0.25) is 9.48 Å². The van der Waals surface area contributed by atoms with E-state index < -0.39 is 0 Å². The molecule has 72 valence electrons. The van der Waals surface area contributed by atoms with E-state index in [-0.39, 0.29) is 5.56 Å². The van der Waals surface area contributed by atoms with Gasteiger partial charge in [-0.05, 0) is 12.5 Å². The van der Waals surface area contributed by atoms with Crippen molar-refractivity contribution in [2.24, 2.45) is 7.05 Å². The van der Waals surface area contributed by atoms with Crippen molar-refractivity contribution in [3.05, 3.63) is 34.5 Å². The second-order valence-electron chi connectivity index (χ2n) is 3.07. The molecule has 2 rings (SSSR count). The first-order chi connectivity index (χ1) is 6.70. The van der Waals surface area contributed by atoms with E-state index in [2.05, 4.69) is 15.1 Å². The van der Waals surface area contributed by atoms with Crippen molar-refractivity contribution in [1.82, 2.24) is 19.7 Å². The molecule has 0 saturated carbocycles. The van der Waals surface area contributed by atoms with Crippen molar-refractivity contribution in [2.45, 2.75) is 6.92 Å². The lowest BCUT2D eigenvalue weighted by molar-refractivity contribution is 0.771. The summed E-state index contributed by atoms with van der Waals surface area (Å²) in [6.45, 7) is 1.90. The van der Waals surface area contributed by atoms with Crippen LogP contribution in [0.2, 0.25) is 0 Å². The third-order valence-electron chi connectivity index (χ3n) is 2.05. The number of aryl methyl sites for hydroxylation is 2. The molecule has 0 bridgehead atoms. The summed E-state index contributed by atoms with van der Waals surface area (Å²) < 4.78 is 1.65. The summed E-state index contributed by atoms with van der Waals surface area (Å²) in [5.74, 6) is 0. The van der Waals surface area contributed by atoms with Crippen molar-refractivity contribution >= 4 is 0 Å². The highest BCUT2D eigenvalue weighted by Crippen LogP contribution is 2.15. The summed E-state index contributed by atoms with van der Waals surface area (Å²) in [6.07, 6.45) is 4.78. The Morgan fingerprint density at radius 2 is 2.29 bits per heavy atom. The van der Waals surface area contributed by atoms with E-state index in [9.17, 15) is 4.79 Å². The molecule has 1 N–H and O–H groups in total. The molecule has 0 aromatic carbocycles. The fourth-order valence-corrected chi connectivity index (χ4v) is 1.41. The average Bonchev–Trinajstić information content (AvgIpc) is 2.48. The molecule has 0 aliphatic heterocycles. The van der Waals surface area contributed by atoms with Gasteiger partial charge in [-0.1, -0.05) is 0 Å². The molecule has 2 aromatic rings. The maximum Gasteiger partial charge on any atom is 0.276 e. The van der Waals surface area contributed by atoms with Gasteiger partial charge in [0, 0.05) is 19.4 Å². The number of nitrogens with zero attached hydrogens (tertiary/aromatic N) is 3. The molecule has 0 unspecified atom stereocenters. The monoisotopic (exact) mass is 190 g/mol. The van der Waals surface area contributed by atoms with E-state index in [4.69, 9.17) is 0 Å². The summed E-state index contributed by atoms with van der Waals surface area (Å²) in [5.41, 5.74) is 1.91. The van der Waals surface area contributed by atoms with Crippen LogP contribution in [0.3, 0.4) is 0 Å². The zero-order chi connectivity index (χ0) is 10.1.